The minimum absolute atomic E-state index is 0.208. The van der Waals surface area contributed by atoms with Gasteiger partial charge in [-0.15, -0.1) is 0 Å². The summed E-state index contributed by atoms with van der Waals surface area (Å²) in [5.74, 6) is -0.208. The fraction of sp³-hybridized carbons (Fsp3) is 0.400. The highest BCUT2D eigenvalue weighted by molar-refractivity contribution is 9.10. The van der Waals surface area contributed by atoms with Crippen LogP contribution in [0.25, 0.3) is 0 Å². The van der Waals surface area contributed by atoms with Crippen LogP contribution in [0.15, 0.2) is 27.8 Å². The van der Waals surface area contributed by atoms with Crippen molar-refractivity contribution in [3.8, 4) is 0 Å². The Morgan fingerprint density at radius 3 is 3.07 bits per heavy atom. The van der Waals surface area contributed by atoms with Gasteiger partial charge in [0.05, 0.1) is 6.61 Å². The Kier molecular flexibility index (Phi) is 5.11. The van der Waals surface area contributed by atoms with E-state index in [9.17, 15) is 4.79 Å². The highest BCUT2D eigenvalue weighted by Crippen LogP contribution is 2.28. The van der Waals surface area contributed by atoms with Crippen molar-refractivity contribution < 1.29 is 9.53 Å². The van der Waals surface area contributed by atoms with Gasteiger partial charge < -0.3 is 4.74 Å². The molecule has 15 heavy (non-hydrogen) atoms. The van der Waals surface area contributed by atoms with Crippen molar-refractivity contribution >= 4 is 33.7 Å². The van der Waals surface area contributed by atoms with E-state index in [1.165, 1.54) is 11.8 Å². The normalized spacial score (nSPS) is 12.2. The van der Waals surface area contributed by atoms with E-state index in [4.69, 9.17) is 4.74 Å². The van der Waals surface area contributed by atoms with Crippen LogP contribution in [0.2, 0.25) is 0 Å². The summed E-state index contributed by atoms with van der Waals surface area (Å²) >= 11 is 4.76. The van der Waals surface area contributed by atoms with Crippen LogP contribution in [0.4, 0.5) is 0 Å². The highest BCUT2D eigenvalue weighted by atomic mass is 79.9. The summed E-state index contributed by atoms with van der Waals surface area (Å²) in [5.41, 5.74) is 0. The van der Waals surface area contributed by atoms with Crippen molar-refractivity contribution in [1.82, 2.24) is 4.98 Å². The number of thioether (sulfide) groups is 1. The number of ether oxygens (including phenoxy) is 1. The van der Waals surface area contributed by atoms with Crippen LogP contribution in [0.3, 0.4) is 0 Å². The van der Waals surface area contributed by atoms with Gasteiger partial charge in [-0.1, -0.05) is 11.8 Å². The van der Waals surface area contributed by atoms with E-state index in [2.05, 4.69) is 20.9 Å². The number of nitrogens with zero attached hydrogens (tertiary/aromatic N) is 1. The van der Waals surface area contributed by atoms with E-state index in [1.54, 1.807) is 13.1 Å². The third-order valence-electron chi connectivity index (χ3n) is 1.63. The van der Waals surface area contributed by atoms with Gasteiger partial charge in [-0.3, -0.25) is 4.79 Å². The lowest BCUT2D eigenvalue weighted by Crippen LogP contribution is -2.16. The van der Waals surface area contributed by atoms with Crippen LogP contribution in [0, 0.1) is 0 Å². The van der Waals surface area contributed by atoms with Crippen LogP contribution in [-0.2, 0) is 9.53 Å². The summed E-state index contributed by atoms with van der Waals surface area (Å²) in [6.07, 6.45) is 1.70. The molecule has 1 aromatic rings. The molecule has 0 saturated carbocycles. The molecule has 0 aliphatic carbocycles. The Labute approximate surface area is 102 Å². The molecule has 0 saturated heterocycles. The minimum Gasteiger partial charge on any atom is -0.465 e. The first-order valence-electron chi connectivity index (χ1n) is 4.59. The summed E-state index contributed by atoms with van der Waals surface area (Å²) in [5, 5.41) is 0.564. The summed E-state index contributed by atoms with van der Waals surface area (Å²) in [6, 6.07) is 3.73. The van der Waals surface area contributed by atoms with Crippen LogP contribution in [0.5, 0.6) is 0 Å². The molecule has 0 aliphatic heterocycles. The number of hydrogen-bond donors (Lipinski definition) is 0. The average molecular weight is 290 g/mol. The first-order valence-corrected chi connectivity index (χ1v) is 6.26. The van der Waals surface area contributed by atoms with E-state index < -0.39 is 0 Å². The van der Waals surface area contributed by atoms with Gasteiger partial charge in [-0.25, -0.2) is 4.98 Å². The minimum atomic E-state index is -0.240. The van der Waals surface area contributed by atoms with Crippen molar-refractivity contribution in [2.24, 2.45) is 0 Å². The molecule has 0 bridgehead atoms. The molecule has 0 N–H and O–H groups in total. The van der Waals surface area contributed by atoms with Crippen molar-refractivity contribution in [2.45, 2.75) is 24.1 Å². The maximum Gasteiger partial charge on any atom is 0.319 e. The summed E-state index contributed by atoms with van der Waals surface area (Å²) in [7, 11) is 0. The quantitative estimate of drug-likeness (QED) is 0.631. The van der Waals surface area contributed by atoms with Gasteiger partial charge in [0.15, 0.2) is 0 Å². The number of carbonyl (C=O) groups excluding carboxylic acids is 1. The lowest BCUT2D eigenvalue weighted by Gasteiger charge is -2.09. The Morgan fingerprint density at radius 2 is 2.47 bits per heavy atom. The second kappa shape index (κ2) is 6.12. The second-order valence-corrected chi connectivity index (χ2v) is 4.99. The molecule has 1 heterocycles. The molecule has 82 valence electrons. The number of hydrogen-bond acceptors (Lipinski definition) is 4. The zero-order valence-corrected chi connectivity index (χ0v) is 11.0. The van der Waals surface area contributed by atoms with E-state index in [-0.39, 0.29) is 11.2 Å². The molecule has 1 atom stereocenters. The van der Waals surface area contributed by atoms with Gasteiger partial charge in [0.25, 0.3) is 0 Å². The average Bonchev–Trinajstić information content (AvgIpc) is 2.21. The van der Waals surface area contributed by atoms with Crippen LogP contribution >= 0.6 is 27.7 Å². The Bertz CT molecular complexity index is 346. The fourth-order valence-electron chi connectivity index (χ4n) is 0.933. The predicted molar refractivity (Wildman–Crippen MR) is 63.9 cm³/mol. The molecule has 0 spiro atoms. The number of aromatic nitrogens is 1. The van der Waals surface area contributed by atoms with Crippen molar-refractivity contribution in [2.75, 3.05) is 6.61 Å². The molecular weight excluding hydrogens is 278 g/mol. The zero-order valence-electron chi connectivity index (χ0n) is 8.57. The number of rotatable bonds is 4. The molecule has 0 fully saturated rings. The number of halogens is 1. The molecule has 1 rings (SSSR count). The lowest BCUT2D eigenvalue weighted by molar-refractivity contribution is -0.142. The summed E-state index contributed by atoms with van der Waals surface area (Å²) < 4.78 is 5.81. The molecule has 1 unspecified atom stereocenters. The molecule has 0 amide bonds. The Hall–Kier alpha value is -0.550. The van der Waals surface area contributed by atoms with Crippen molar-refractivity contribution in [3.05, 3.63) is 22.8 Å². The first-order chi connectivity index (χ1) is 7.15. The largest absolute Gasteiger partial charge is 0.465 e. The van der Waals surface area contributed by atoms with E-state index >= 15 is 0 Å². The lowest BCUT2D eigenvalue weighted by atomic mass is 10.5. The monoisotopic (exact) mass is 289 g/mol. The molecule has 1 aromatic heterocycles. The smallest absolute Gasteiger partial charge is 0.319 e. The van der Waals surface area contributed by atoms with Crippen LogP contribution < -0.4 is 0 Å². The predicted octanol–water partition coefficient (Wildman–Crippen LogP) is 2.89. The molecule has 0 radical (unpaired) electrons. The molecule has 0 aliphatic rings. The maximum atomic E-state index is 11.4. The summed E-state index contributed by atoms with van der Waals surface area (Å²) in [4.78, 5) is 15.5. The maximum absolute atomic E-state index is 11.4. The van der Waals surface area contributed by atoms with E-state index in [0.717, 1.165) is 9.50 Å². The van der Waals surface area contributed by atoms with Gasteiger partial charge in [0.1, 0.15) is 10.3 Å². The number of esters is 1. The molecule has 3 nitrogen and oxygen atoms in total. The highest BCUT2D eigenvalue weighted by Gasteiger charge is 2.17. The van der Waals surface area contributed by atoms with Crippen LogP contribution in [0.1, 0.15) is 13.8 Å². The number of pyridine rings is 1. The first kappa shape index (κ1) is 12.5. The summed E-state index contributed by atoms with van der Waals surface area (Å²) in [6.45, 7) is 4.02. The molecule has 0 aromatic carbocycles. The third-order valence-corrected chi connectivity index (χ3v) is 3.63. The van der Waals surface area contributed by atoms with Gasteiger partial charge in [0, 0.05) is 10.7 Å². The van der Waals surface area contributed by atoms with Gasteiger partial charge in [0.2, 0.25) is 0 Å². The molecular formula is C10H12BrNO2S. The van der Waals surface area contributed by atoms with E-state index in [0.29, 0.717) is 6.61 Å². The Balaban J connectivity index is 2.62. The fourth-order valence-corrected chi connectivity index (χ4v) is 2.27. The van der Waals surface area contributed by atoms with Gasteiger partial charge in [-0.05, 0) is 41.9 Å². The van der Waals surface area contributed by atoms with Gasteiger partial charge >= 0.3 is 5.97 Å². The topological polar surface area (TPSA) is 39.2 Å². The SMILES string of the molecule is CCOC(=O)C(C)Sc1ncccc1Br. The number of carbonyl (C=O) groups is 1. The molecule has 5 heteroatoms. The standard InChI is InChI=1S/C10H12BrNO2S/c1-3-14-10(13)7(2)15-9-8(11)5-4-6-12-9/h4-7H,3H2,1-2H3. The van der Waals surface area contributed by atoms with E-state index in [1.807, 2.05) is 19.1 Å². The second-order valence-electron chi connectivity index (χ2n) is 2.80. The van der Waals surface area contributed by atoms with Gasteiger partial charge in [-0.2, -0.15) is 0 Å². The zero-order chi connectivity index (χ0) is 11.3. The Morgan fingerprint density at radius 1 is 1.73 bits per heavy atom. The third kappa shape index (κ3) is 3.83. The van der Waals surface area contributed by atoms with Crippen LogP contribution in [-0.4, -0.2) is 22.8 Å². The van der Waals surface area contributed by atoms with Crippen molar-refractivity contribution in [1.29, 1.82) is 0 Å². The van der Waals surface area contributed by atoms with Crippen molar-refractivity contribution in [3.63, 3.8) is 0 Å².